The molecule has 0 radical (unpaired) electrons. The van der Waals surface area contributed by atoms with Crippen molar-refractivity contribution in [3.63, 3.8) is 0 Å². The monoisotopic (exact) mass is 229 g/mol. The Labute approximate surface area is 82.5 Å². The summed E-state index contributed by atoms with van der Waals surface area (Å²) in [7, 11) is 0. The van der Waals surface area contributed by atoms with Gasteiger partial charge in [0.2, 0.25) is 0 Å². The Hall–Kier alpha value is -0.480. The fourth-order valence-corrected chi connectivity index (χ4v) is 1.35. The number of nitrogens with zero attached hydrogens (tertiary/aromatic N) is 1. The third-order valence-electron chi connectivity index (χ3n) is 1.23. The molecule has 0 aliphatic carbocycles. The minimum atomic E-state index is -4.26. The predicted molar refractivity (Wildman–Crippen MR) is 44.0 cm³/mol. The molecule has 1 nitrogen and oxygen atoms in total. The van der Waals surface area contributed by atoms with E-state index in [1.807, 2.05) is 0 Å². The summed E-state index contributed by atoms with van der Waals surface area (Å²) in [5, 5.41) is -0.0708. The van der Waals surface area contributed by atoms with E-state index in [1.54, 1.807) is 0 Å². The zero-order chi connectivity index (χ0) is 10.1. The molecule has 0 aliphatic heterocycles. The molecular weight excluding hydrogens is 226 g/mol. The Balaban J connectivity index is 2.90. The van der Waals surface area contributed by atoms with Crippen molar-refractivity contribution in [1.82, 2.24) is 4.98 Å². The Bertz CT molecular complexity index is 291. The summed E-state index contributed by atoms with van der Waals surface area (Å²) >= 11 is 10.8. The first-order valence-corrected chi connectivity index (χ1v) is 4.01. The van der Waals surface area contributed by atoms with Crippen LogP contribution in [0.5, 0.6) is 0 Å². The van der Waals surface area contributed by atoms with Crippen LogP contribution in [-0.4, -0.2) is 11.2 Å². The highest BCUT2D eigenvalue weighted by Crippen LogP contribution is 2.24. The second-order valence-corrected chi connectivity index (χ2v) is 3.19. The van der Waals surface area contributed by atoms with E-state index in [4.69, 9.17) is 23.2 Å². The Kier molecular flexibility index (Phi) is 3.03. The van der Waals surface area contributed by atoms with E-state index in [-0.39, 0.29) is 15.9 Å². The van der Waals surface area contributed by atoms with Crippen molar-refractivity contribution in [2.75, 3.05) is 0 Å². The average molecular weight is 230 g/mol. The van der Waals surface area contributed by atoms with Crippen LogP contribution in [0.1, 0.15) is 5.56 Å². The molecule has 0 atom stereocenters. The van der Waals surface area contributed by atoms with E-state index in [9.17, 15) is 13.2 Å². The minimum Gasteiger partial charge on any atom is -0.224 e. The molecule has 0 saturated heterocycles. The Morgan fingerprint density at radius 2 is 1.62 bits per heavy atom. The van der Waals surface area contributed by atoms with E-state index >= 15 is 0 Å². The molecule has 0 amide bonds. The Morgan fingerprint density at radius 1 is 1.15 bits per heavy atom. The minimum absolute atomic E-state index is 0.0116. The molecule has 6 heteroatoms. The molecule has 72 valence electrons. The molecule has 0 spiro atoms. The lowest BCUT2D eigenvalue weighted by molar-refractivity contribution is -0.127. The van der Waals surface area contributed by atoms with Crippen LogP contribution in [0.25, 0.3) is 0 Å². The number of alkyl halides is 3. The normalized spacial score (nSPS) is 11.8. The largest absolute Gasteiger partial charge is 0.393 e. The lowest BCUT2D eigenvalue weighted by Crippen LogP contribution is -2.11. The molecular formula is C7H4Cl2F3N. The number of aromatic nitrogens is 1. The van der Waals surface area contributed by atoms with Gasteiger partial charge in [0.1, 0.15) is 10.3 Å². The number of pyridine rings is 1. The van der Waals surface area contributed by atoms with Crippen molar-refractivity contribution in [3.8, 4) is 0 Å². The third-order valence-corrected chi connectivity index (χ3v) is 1.61. The van der Waals surface area contributed by atoms with Crippen molar-refractivity contribution in [2.45, 2.75) is 12.6 Å². The van der Waals surface area contributed by atoms with Crippen molar-refractivity contribution in [2.24, 2.45) is 0 Å². The van der Waals surface area contributed by atoms with Crippen molar-refractivity contribution >= 4 is 23.2 Å². The standard InChI is InChI=1S/C7H4Cl2F3N/c8-5-1-4(2-6(9)13-5)3-7(10,11)12/h1-2H,3H2. The molecule has 0 fully saturated rings. The second-order valence-electron chi connectivity index (χ2n) is 2.41. The van der Waals surface area contributed by atoms with E-state index in [1.165, 1.54) is 0 Å². The lowest BCUT2D eigenvalue weighted by atomic mass is 10.2. The first kappa shape index (κ1) is 10.6. The van der Waals surface area contributed by atoms with Crippen LogP contribution in [-0.2, 0) is 6.42 Å². The van der Waals surface area contributed by atoms with Gasteiger partial charge in [-0.25, -0.2) is 4.98 Å². The number of rotatable bonds is 1. The van der Waals surface area contributed by atoms with Crippen LogP contribution < -0.4 is 0 Å². The van der Waals surface area contributed by atoms with Crippen LogP contribution in [0.2, 0.25) is 10.3 Å². The SMILES string of the molecule is FC(F)(F)Cc1cc(Cl)nc(Cl)c1. The van der Waals surface area contributed by atoms with Gasteiger partial charge in [0, 0.05) is 0 Å². The molecule has 0 aromatic carbocycles. The molecule has 0 aliphatic rings. The predicted octanol–water partition coefficient (Wildman–Crippen LogP) is 3.49. The maximum atomic E-state index is 11.9. The quantitative estimate of drug-likeness (QED) is 0.673. The molecule has 0 N–H and O–H groups in total. The van der Waals surface area contributed by atoms with Gasteiger partial charge >= 0.3 is 6.18 Å². The zero-order valence-electron chi connectivity index (χ0n) is 6.20. The number of halogens is 5. The fraction of sp³-hybridized carbons (Fsp3) is 0.286. The van der Waals surface area contributed by atoms with E-state index in [0.717, 1.165) is 12.1 Å². The second kappa shape index (κ2) is 3.72. The van der Waals surface area contributed by atoms with Gasteiger partial charge < -0.3 is 0 Å². The maximum Gasteiger partial charge on any atom is 0.393 e. The van der Waals surface area contributed by atoms with Gasteiger partial charge in [-0.05, 0) is 17.7 Å². The summed E-state index contributed by atoms with van der Waals surface area (Å²) in [6.07, 6.45) is -5.30. The summed E-state index contributed by atoms with van der Waals surface area (Å²) in [6, 6.07) is 2.28. The third kappa shape index (κ3) is 3.83. The summed E-state index contributed by atoms with van der Waals surface area (Å²) in [6.45, 7) is 0. The first-order chi connectivity index (χ1) is 5.87. The van der Waals surface area contributed by atoms with Crippen molar-refractivity contribution < 1.29 is 13.2 Å². The van der Waals surface area contributed by atoms with E-state index < -0.39 is 12.6 Å². The fourth-order valence-electron chi connectivity index (χ4n) is 0.848. The molecule has 0 bridgehead atoms. The summed E-state index contributed by atoms with van der Waals surface area (Å²) in [5.41, 5.74) is 0.0116. The highest BCUT2D eigenvalue weighted by Gasteiger charge is 2.27. The zero-order valence-corrected chi connectivity index (χ0v) is 7.71. The molecule has 1 aromatic heterocycles. The molecule has 1 aromatic rings. The number of hydrogen-bond donors (Lipinski definition) is 0. The van der Waals surface area contributed by atoms with Crippen LogP contribution in [0.4, 0.5) is 13.2 Å². The first-order valence-electron chi connectivity index (χ1n) is 3.25. The molecule has 1 heterocycles. The molecule has 0 saturated carbocycles. The van der Waals surface area contributed by atoms with Crippen molar-refractivity contribution in [3.05, 3.63) is 28.0 Å². The highest BCUT2D eigenvalue weighted by molar-refractivity contribution is 6.32. The summed E-state index contributed by atoms with van der Waals surface area (Å²) in [4.78, 5) is 3.53. The van der Waals surface area contributed by atoms with Crippen molar-refractivity contribution in [1.29, 1.82) is 0 Å². The van der Waals surface area contributed by atoms with Gasteiger partial charge in [0.15, 0.2) is 0 Å². The van der Waals surface area contributed by atoms with Gasteiger partial charge in [0.25, 0.3) is 0 Å². The van der Waals surface area contributed by atoms with Crippen LogP contribution >= 0.6 is 23.2 Å². The van der Waals surface area contributed by atoms with Gasteiger partial charge in [0.05, 0.1) is 6.42 Å². The summed E-state index contributed by atoms with van der Waals surface area (Å²) in [5.74, 6) is 0. The van der Waals surface area contributed by atoms with Gasteiger partial charge in [-0.15, -0.1) is 0 Å². The number of hydrogen-bond acceptors (Lipinski definition) is 1. The van der Waals surface area contributed by atoms with Gasteiger partial charge in [-0.2, -0.15) is 13.2 Å². The van der Waals surface area contributed by atoms with E-state index in [2.05, 4.69) is 4.98 Å². The highest BCUT2D eigenvalue weighted by atomic mass is 35.5. The van der Waals surface area contributed by atoms with Crippen LogP contribution in [0.3, 0.4) is 0 Å². The summed E-state index contributed by atoms with van der Waals surface area (Å²) < 4.78 is 35.7. The van der Waals surface area contributed by atoms with Gasteiger partial charge in [-0.1, -0.05) is 23.2 Å². The molecule has 13 heavy (non-hydrogen) atoms. The molecule has 1 rings (SSSR count). The maximum absolute atomic E-state index is 11.9. The smallest absolute Gasteiger partial charge is 0.224 e. The van der Waals surface area contributed by atoms with Gasteiger partial charge in [-0.3, -0.25) is 0 Å². The van der Waals surface area contributed by atoms with E-state index in [0.29, 0.717) is 0 Å². The Morgan fingerprint density at radius 3 is 2.00 bits per heavy atom. The molecule has 0 unspecified atom stereocenters. The van der Waals surface area contributed by atoms with Crippen LogP contribution in [0.15, 0.2) is 12.1 Å². The topological polar surface area (TPSA) is 12.9 Å². The average Bonchev–Trinajstić information content (AvgIpc) is 1.78. The van der Waals surface area contributed by atoms with Crippen LogP contribution in [0, 0.1) is 0 Å². The lowest BCUT2D eigenvalue weighted by Gasteiger charge is -2.06.